The first-order chi connectivity index (χ1) is 12.9. The summed E-state index contributed by atoms with van der Waals surface area (Å²) < 4.78 is 0. The third-order valence-electron chi connectivity index (χ3n) is 4.59. The van der Waals surface area contributed by atoms with Crippen LogP contribution in [-0.4, -0.2) is 53.9 Å². The number of H-pyrrole nitrogens is 1. The average Bonchev–Trinajstić information content (AvgIpc) is 3.04. The van der Waals surface area contributed by atoms with Crippen molar-refractivity contribution in [2.24, 2.45) is 0 Å². The first-order valence-corrected chi connectivity index (χ1v) is 9.75. The number of nitrogens with one attached hydrogen (secondary N) is 3. The Balaban J connectivity index is 1.96. The molecule has 0 radical (unpaired) electrons. The second kappa shape index (κ2) is 10.1. The van der Waals surface area contributed by atoms with Crippen LogP contribution in [-0.2, 0) is 16.0 Å². The van der Waals surface area contributed by atoms with E-state index in [-0.39, 0.29) is 23.9 Å². The second-order valence-electron chi connectivity index (χ2n) is 7.29. The van der Waals surface area contributed by atoms with Gasteiger partial charge in [-0.15, -0.1) is 0 Å². The zero-order valence-corrected chi connectivity index (χ0v) is 16.8. The normalized spacial score (nSPS) is 12.3. The lowest BCUT2D eigenvalue weighted by molar-refractivity contribution is -0.130. The maximum absolute atomic E-state index is 12.7. The van der Waals surface area contributed by atoms with Crippen LogP contribution >= 0.6 is 0 Å². The third-order valence-corrected chi connectivity index (χ3v) is 4.59. The van der Waals surface area contributed by atoms with Gasteiger partial charge in [0, 0.05) is 49.7 Å². The molecule has 0 saturated heterocycles. The molecule has 148 valence electrons. The summed E-state index contributed by atoms with van der Waals surface area (Å²) in [4.78, 5) is 29.5. The molecule has 1 aromatic carbocycles. The number of amides is 2. The van der Waals surface area contributed by atoms with E-state index < -0.39 is 0 Å². The number of para-hydroxylation sites is 1. The maximum Gasteiger partial charge on any atom is 0.237 e. The number of aromatic nitrogens is 1. The van der Waals surface area contributed by atoms with E-state index >= 15 is 0 Å². The molecular weight excluding hydrogens is 340 g/mol. The largest absolute Gasteiger partial charge is 0.361 e. The molecule has 0 aliphatic carbocycles. The number of nitrogens with zero attached hydrogens (tertiary/aromatic N) is 1. The smallest absolute Gasteiger partial charge is 0.237 e. The summed E-state index contributed by atoms with van der Waals surface area (Å²) in [6.45, 7) is 7.03. The molecule has 27 heavy (non-hydrogen) atoms. The number of benzene rings is 1. The van der Waals surface area contributed by atoms with Crippen molar-refractivity contribution in [1.29, 1.82) is 0 Å². The lowest BCUT2D eigenvalue weighted by atomic mass is 10.0. The van der Waals surface area contributed by atoms with E-state index in [1.54, 1.807) is 11.9 Å². The third kappa shape index (κ3) is 6.10. The van der Waals surface area contributed by atoms with Crippen LogP contribution in [0.3, 0.4) is 0 Å². The highest BCUT2D eigenvalue weighted by molar-refractivity contribution is 5.86. The molecule has 2 rings (SSSR count). The van der Waals surface area contributed by atoms with Gasteiger partial charge in [0.1, 0.15) is 0 Å². The van der Waals surface area contributed by atoms with Crippen LogP contribution in [0.4, 0.5) is 0 Å². The molecule has 6 nitrogen and oxygen atoms in total. The maximum atomic E-state index is 12.7. The highest BCUT2D eigenvalue weighted by atomic mass is 16.2. The molecule has 0 saturated carbocycles. The number of hydrogen-bond donors (Lipinski definition) is 3. The average molecular weight is 373 g/mol. The standard InChI is InChI=1S/C21H32N4O2/c1-5-8-20(26)25(4)12-11-22-21(27)19(24-15(2)3)13-16-14-23-18-10-7-6-9-17(16)18/h6-7,9-10,14-15,19,23-24H,5,8,11-13H2,1-4H3,(H,22,27)/t19-/m0/s1. The van der Waals surface area contributed by atoms with Gasteiger partial charge in [0.2, 0.25) is 11.8 Å². The molecule has 1 atom stereocenters. The first-order valence-electron chi connectivity index (χ1n) is 9.75. The SMILES string of the molecule is CCCC(=O)N(C)CCNC(=O)[C@H](Cc1c[nH]c2ccccc12)NC(C)C. The number of aromatic amines is 1. The molecule has 0 unspecified atom stereocenters. The van der Waals surface area contributed by atoms with Gasteiger partial charge in [0.05, 0.1) is 6.04 Å². The summed E-state index contributed by atoms with van der Waals surface area (Å²) in [6, 6.07) is 7.98. The van der Waals surface area contributed by atoms with Gasteiger partial charge in [-0.05, 0) is 24.5 Å². The number of likely N-dealkylation sites (N-methyl/N-ethyl adjacent to an activating group) is 1. The van der Waals surface area contributed by atoms with E-state index in [2.05, 4.69) is 21.7 Å². The zero-order chi connectivity index (χ0) is 19.8. The van der Waals surface area contributed by atoms with E-state index in [4.69, 9.17) is 0 Å². The molecular formula is C21H32N4O2. The Labute approximate surface area is 161 Å². The fourth-order valence-corrected chi connectivity index (χ4v) is 3.15. The van der Waals surface area contributed by atoms with Gasteiger partial charge in [-0.25, -0.2) is 0 Å². The summed E-state index contributed by atoms with van der Waals surface area (Å²) in [7, 11) is 1.78. The van der Waals surface area contributed by atoms with Crippen LogP contribution in [0.1, 0.15) is 39.2 Å². The summed E-state index contributed by atoms with van der Waals surface area (Å²) in [5, 5.41) is 7.47. The molecule has 1 aromatic heterocycles. The molecule has 0 aliphatic heterocycles. The highest BCUT2D eigenvalue weighted by Gasteiger charge is 2.21. The van der Waals surface area contributed by atoms with Crippen LogP contribution in [0.2, 0.25) is 0 Å². The Morgan fingerprint density at radius 2 is 1.96 bits per heavy atom. The summed E-state index contributed by atoms with van der Waals surface area (Å²) in [5.41, 5.74) is 2.20. The number of hydrogen-bond acceptors (Lipinski definition) is 3. The molecule has 2 aromatic rings. The van der Waals surface area contributed by atoms with E-state index in [1.807, 2.05) is 45.2 Å². The predicted molar refractivity (Wildman–Crippen MR) is 110 cm³/mol. The topological polar surface area (TPSA) is 77.2 Å². The Bertz CT molecular complexity index is 753. The Morgan fingerprint density at radius 1 is 1.22 bits per heavy atom. The fraction of sp³-hybridized carbons (Fsp3) is 0.524. The number of rotatable bonds is 10. The summed E-state index contributed by atoms with van der Waals surface area (Å²) in [6.07, 6.45) is 3.96. The fourth-order valence-electron chi connectivity index (χ4n) is 3.15. The van der Waals surface area contributed by atoms with E-state index in [0.717, 1.165) is 22.9 Å². The molecule has 3 N–H and O–H groups in total. The van der Waals surface area contributed by atoms with Gasteiger partial charge in [-0.2, -0.15) is 0 Å². The highest BCUT2D eigenvalue weighted by Crippen LogP contribution is 2.19. The summed E-state index contributed by atoms with van der Waals surface area (Å²) in [5.74, 6) is 0.0766. The van der Waals surface area contributed by atoms with Gasteiger partial charge in [0.25, 0.3) is 0 Å². The van der Waals surface area contributed by atoms with Crippen molar-refractivity contribution in [2.75, 3.05) is 20.1 Å². The van der Waals surface area contributed by atoms with Gasteiger partial charge in [0.15, 0.2) is 0 Å². The van der Waals surface area contributed by atoms with Crippen molar-refractivity contribution < 1.29 is 9.59 Å². The Hall–Kier alpha value is -2.34. The minimum atomic E-state index is -0.319. The van der Waals surface area contributed by atoms with Crippen molar-refractivity contribution in [3.63, 3.8) is 0 Å². The van der Waals surface area contributed by atoms with Gasteiger partial charge in [-0.3, -0.25) is 9.59 Å². The van der Waals surface area contributed by atoms with Crippen LogP contribution < -0.4 is 10.6 Å². The van der Waals surface area contributed by atoms with Crippen LogP contribution in [0.5, 0.6) is 0 Å². The van der Waals surface area contributed by atoms with Crippen LogP contribution in [0.15, 0.2) is 30.5 Å². The molecule has 1 heterocycles. The lowest BCUT2D eigenvalue weighted by Gasteiger charge is -2.22. The molecule has 0 bridgehead atoms. The van der Waals surface area contributed by atoms with Gasteiger partial charge in [-0.1, -0.05) is 39.0 Å². The van der Waals surface area contributed by atoms with Crippen molar-refractivity contribution in [2.45, 2.75) is 52.1 Å². The zero-order valence-electron chi connectivity index (χ0n) is 16.8. The Kier molecular flexibility index (Phi) is 7.85. The molecule has 0 spiro atoms. The van der Waals surface area contributed by atoms with Crippen molar-refractivity contribution in [1.82, 2.24) is 20.5 Å². The number of carbonyl (C=O) groups is 2. The second-order valence-corrected chi connectivity index (χ2v) is 7.29. The molecule has 0 fully saturated rings. The van der Waals surface area contributed by atoms with Crippen molar-refractivity contribution >= 4 is 22.7 Å². The summed E-state index contributed by atoms with van der Waals surface area (Å²) >= 11 is 0. The minimum Gasteiger partial charge on any atom is -0.361 e. The van der Waals surface area contributed by atoms with E-state index in [1.165, 1.54) is 0 Å². The minimum absolute atomic E-state index is 0.0367. The molecule has 2 amide bonds. The molecule has 6 heteroatoms. The first kappa shape index (κ1) is 21.0. The van der Waals surface area contributed by atoms with Crippen LogP contribution in [0, 0.1) is 0 Å². The van der Waals surface area contributed by atoms with E-state index in [9.17, 15) is 9.59 Å². The van der Waals surface area contributed by atoms with Crippen molar-refractivity contribution in [3.05, 3.63) is 36.0 Å². The van der Waals surface area contributed by atoms with E-state index in [0.29, 0.717) is 25.9 Å². The number of carbonyl (C=O) groups excluding carboxylic acids is 2. The molecule has 0 aliphatic rings. The van der Waals surface area contributed by atoms with Crippen molar-refractivity contribution in [3.8, 4) is 0 Å². The van der Waals surface area contributed by atoms with Gasteiger partial charge < -0.3 is 20.5 Å². The predicted octanol–water partition coefficient (Wildman–Crippen LogP) is 2.45. The monoisotopic (exact) mass is 372 g/mol. The van der Waals surface area contributed by atoms with Crippen LogP contribution in [0.25, 0.3) is 10.9 Å². The van der Waals surface area contributed by atoms with Gasteiger partial charge >= 0.3 is 0 Å². The lowest BCUT2D eigenvalue weighted by Crippen LogP contribution is -2.49. The quantitative estimate of drug-likeness (QED) is 0.599. The Morgan fingerprint density at radius 3 is 2.67 bits per heavy atom. The number of fused-ring (bicyclic) bond motifs is 1.